The van der Waals surface area contributed by atoms with Crippen LogP contribution in [0.3, 0.4) is 0 Å². The second-order valence-corrected chi connectivity index (χ2v) is 4.44. The zero-order chi connectivity index (χ0) is 10.6. The van der Waals surface area contributed by atoms with E-state index in [-0.39, 0.29) is 18.2 Å². The van der Waals surface area contributed by atoms with Crippen LogP contribution in [0.1, 0.15) is 10.5 Å². The van der Waals surface area contributed by atoms with Gasteiger partial charge in [-0.15, -0.1) is 0 Å². The average molecular weight is 217 g/mol. The number of nitrogens with one attached hydrogen (secondary N) is 2. The van der Waals surface area contributed by atoms with Crippen molar-refractivity contribution in [2.75, 3.05) is 12.3 Å². The van der Waals surface area contributed by atoms with Crippen LogP contribution in [0.2, 0.25) is 0 Å². The second kappa shape index (κ2) is 4.25. The lowest BCUT2D eigenvalue weighted by Gasteiger charge is -2.01. The van der Waals surface area contributed by atoms with E-state index in [2.05, 4.69) is 10.3 Å². The first kappa shape index (κ1) is 10.7. The molecule has 1 amide bonds. The number of primary sulfonamides is 1. The number of H-pyrrole nitrogens is 1. The minimum Gasteiger partial charge on any atom is -0.357 e. The molecule has 0 saturated heterocycles. The number of carbonyl (C=O) groups excluding carboxylic acids is 1. The van der Waals surface area contributed by atoms with Crippen LogP contribution in [-0.2, 0) is 10.0 Å². The zero-order valence-electron chi connectivity index (χ0n) is 7.36. The van der Waals surface area contributed by atoms with Crippen molar-refractivity contribution in [1.82, 2.24) is 10.3 Å². The van der Waals surface area contributed by atoms with E-state index in [4.69, 9.17) is 5.14 Å². The minimum atomic E-state index is -3.51. The van der Waals surface area contributed by atoms with Crippen molar-refractivity contribution >= 4 is 15.9 Å². The van der Waals surface area contributed by atoms with Gasteiger partial charge in [0.1, 0.15) is 5.69 Å². The summed E-state index contributed by atoms with van der Waals surface area (Å²) < 4.78 is 21.0. The molecule has 0 fully saturated rings. The summed E-state index contributed by atoms with van der Waals surface area (Å²) in [5.41, 5.74) is 0.388. The first-order valence-electron chi connectivity index (χ1n) is 3.91. The van der Waals surface area contributed by atoms with Gasteiger partial charge in [0.25, 0.3) is 5.91 Å². The molecule has 0 bridgehead atoms. The van der Waals surface area contributed by atoms with Crippen LogP contribution in [0.25, 0.3) is 0 Å². The lowest BCUT2D eigenvalue weighted by atomic mass is 10.4. The summed E-state index contributed by atoms with van der Waals surface area (Å²) in [6.07, 6.45) is 1.61. The first-order chi connectivity index (χ1) is 6.49. The van der Waals surface area contributed by atoms with Crippen molar-refractivity contribution in [1.29, 1.82) is 0 Å². The van der Waals surface area contributed by atoms with Crippen LogP contribution >= 0.6 is 0 Å². The number of aromatic amines is 1. The molecule has 14 heavy (non-hydrogen) atoms. The summed E-state index contributed by atoms with van der Waals surface area (Å²) >= 11 is 0. The van der Waals surface area contributed by atoms with Crippen LogP contribution in [0, 0.1) is 0 Å². The van der Waals surface area contributed by atoms with E-state index >= 15 is 0 Å². The Hall–Kier alpha value is -1.34. The van der Waals surface area contributed by atoms with Gasteiger partial charge >= 0.3 is 0 Å². The Morgan fingerprint density at radius 3 is 2.79 bits per heavy atom. The standard InChI is InChI=1S/C7H11N3O3S/c8-14(12,13)5-4-10-7(11)6-2-1-3-9-6/h1-3,9H,4-5H2,(H,10,11)(H2,8,12,13). The molecule has 1 aromatic rings. The van der Waals surface area contributed by atoms with Crippen molar-refractivity contribution in [2.24, 2.45) is 5.14 Å². The molecule has 78 valence electrons. The van der Waals surface area contributed by atoms with Crippen molar-refractivity contribution in [3.05, 3.63) is 24.0 Å². The molecule has 6 nitrogen and oxygen atoms in total. The summed E-state index contributed by atoms with van der Waals surface area (Å²) in [5, 5.41) is 7.17. The molecule has 1 aromatic heterocycles. The van der Waals surface area contributed by atoms with Gasteiger partial charge in [0.05, 0.1) is 5.75 Å². The maximum absolute atomic E-state index is 11.2. The Morgan fingerprint density at radius 1 is 1.57 bits per heavy atom. The normalized spacial score (nSPS) is 11.2. The highest BCUT2D eigenvalue weighted by Gasteiger charge is 2.07. The third kappa shape index (κ3) is 3.58. The molecule has 0 atom stereocenters. The molecule has 0 aliphatic carbocycles. The topological polar surface area (TPSA) is 105 Å². The highest BCUT2D eigenvalue weighted by atomic mass is 32.2. The molecule has 1 heterocycles. The van der Waals surface area contributed by atoms with E-state index in [1.807, 2.05) is 0 Å². The van der Waals surface area contributed by atoms with E-state index in [9.17, 15) is 13.2 Å². The fourth-order valence-corrected chi connectivity index (χ4v) is 1.26. The smallest absolute Gasteiger partial charge is 0.267 e. The molecule has 0 aliphatic rings. The highest BCUT2D eigenvalue weighted by Crippen LogP contribution is 1.92. The predicted octanol–water partition coefficient (Wildman–Crippen LogP) is -0.967. The third-order valence-corrected chi connectivity index (χ3v) is 2.29. The van der Waals surface area contributed by atoms with Gasteiger partial charge in [-0.25, -0.2) is 13.6 Å². The summed E-state index contributed by atoms with van der Waals surface area (Å²) in [5.74, 6) is -0.613. The van der Waals surface area contributed by atoms with E-state index in [1.54, 1.807) is 18.3 Å². The summed E-state index contributed by atoms with van der Waals surface area (Å²) in [6.45, 7) is 0.0106. The van der Waals surface area contributed by atoms with Gasteiger partial charge in [-0.1, -0.05) is 0 Å². The Balaban J connectivity index is 2.37. The SMILES string of the molecule is NS(=O)(=O)CCNC(=O)c1ccc[nH]1. The van der Waals surface area contributed by atoms with Gasteiger partial charge in [-0.2, -0.15) is 0 Å². The fraction of sp³-hybridized carbons (Fsp3) is 0.286. The lowest BCUT2D eigenvalue weighted by molar-refractivity contribution is 0.0952. The average Bonchev–Trinajstić information content (AvgIpc) is 2.53. The molecular weight excluding hydrogens is 206 g/mol. The second-order valence-electron chi connectivity index (χ2n) is 2.71. The monoisotopic (exact) mass is 217 g/mol. The minimum absolute atomic E-state index is 0.0106. The largest absolute Gasteiger partial charge is 0.357 e. The molecular formula is C7H11N3O3S. The molecule has 0 aromatic carbocycles. The Morgan fingerprint density at radius 2 is 2.29 bits per heavy atom. The molecule has 4 N–H and O–H groups in total. The first-order valence-corrected chi connectivity index (χ1v) is 5.62. The zero-order valence-corrected chi connectivity index (χ0v) is 8.17. The van der Waals surface area contributed by atoms with Crippen molar-refractivity contribution in [3.63, 3.8) is 0 Å². The van der Waals surface area contributed by atoms with E-state index in [0.717, 1.165) is 0 Å². The summed E-state index contributed by atoms with van der Waals surface area (Å²) in [7, 11) is -3.51. The molecule has 1 rings (SSSR count). The number of sulfonamides is 1. The fourth-order valence-electron chi connectivity index (χ4n) is 0.874. The van der Waals surface area contributed by atoms with Gasteiger partial charge in [0.2, 0.25) is 10.0 Å². The van der Waals surface area contributed by atoms with Gasteiger partial charge in [-0.3, -0.25) is 4.79 Å². The number of hydrogen-bond acceptors (Lipinski definition) is 3. The van der Waals surface area contributed by atoms with Crippen LogP contribution in [0.4, 0.5) is 0 Å². The van der Waals surface area contributed by atoms with Crippen LogP contribution in [0.15, 0.2) is 18.3 Å². The van der Waals surface area contributed by atoms with E-state index < -0.39 is 10.0 Å². The van der Waals surface area contributed by atoms with E-state index in [0.29, 0.717) is 5.69 Å². The maximum Gasteiger partial charge on any atom is 0.267 e. The lowest BCUT2D eigenvalue weighted by Crippen LogP contribution is -2.31. The molecule has 0 spiro atoms. The van der Waals surface area contributed by atoms with Gasteiger partial charge in [0, 0.05) is 12.7 Å². The van der Waals surface area contributed by atoms with Crippen molar-refractivity contribution < 1.29 is 13.2 Å². The molecule has 0 unspecified atom stereocenters. The quantitative estimate of drug-likeness (QED) is 0.604. The number of nitrogens with two attached hydrogens (primary N) is 1. The Kier molecular flexibility index (Phi) is 3.26. The molecule has 0 saturated carbocycles. The number of amides is 1. The van der Waals surface area contributed by atoms with E-state index in [1.165, 1.54) is 0 Å². The molecule has 7 heteroatoms. The number of rotatable bonds is 4. The van der Waals surface area contributed by atoms with Gasteiger partial charge in [0.15, 0.2) is 0 Å². The van der Waals surface area contributed by atoms with Crippen LogP contribution in [-0.4, -0.2) is 31.6 Å². The Labute approximate surface area is 81.5 Å². The number of aromatic nitrogens is 1. The summed E-state index contributed by atoms with van der Waals surface area (Å²) in [6, 6.07) is 3.26. The molecule has 0 radical (unpaired) electrons. The Bertz CT molecular complexity index is 396. The van der Waals surface area contributed by atoms with Crippen LogP contribution < -0.4 is 10.5 Å². The molecule has 0 aliphatic heterocycles. The van der Waals surface area contributed by atoms with Gasteiger partial charge < -0.3 is 10.3 Å². The van der Waals surface area contributed by atoms with Crippen molar-refractivity contribution in [3.8, 4) is 0 Å². The third-order valence-electron chi connectivity index (χ3n) is 1.51. The van der Waals surface area contributed by atoms with Crippen molar-refractivity contribution in [2.45, 2.75) is 0 Å². The highest BCUT2D eigenvalue weighted by molar-refractivity contribution is 7.89. The summed E-state index contributed by atoms with van der Waals surface area (Å²) in [4.78, 5) is 13.9. The van der Waals surface area contributed by atoms with Gasteiger partial charge in [-0.05, 0) is 12.1 Å². The predicted molar refractivity (Wildman–Crippen MR) is 51.1 cm³/mol. The number of hydrogen-bond donors (Lipinski definition) is 3. The van der Waals surface area contributed by atoms with Crippen LogP contribution in [0.5, 0.6) is 0 Å². The maximum atomic E-state index is 11.2. The number of carbonyl (C=O) groups is 1.